The van der Waals surface area contributed by atoms with E-state index in [-0.39, 0.29) is 31.5 Å². The maximum absolute atomic E-state index is 11.9. The van der Waals surface area contributed by atoms with Gasteiger partial charge in [-0.1, -0.05) is 12.1 Å². The van der Waals surface area contributed by atoms with Gasteiger partial charge in [0.1, 0.15) is 11.6 Å². The molecule has 0 spiro atoms. The summed E-state index contributed by atoms with van der Waals surface area (Å²) in [5.41, 5.74) is 1.50. The number of rotatable bonds is 8. The molecule has 7 nitrogen and oxygen atoms in total. The minimum Gasteiger partial charge on any atom is -0.466 e. The highest BCUT2D eigenvalue weighted by molar-refractivity contribution is 7.18. The lowest BCUT2D eigenvalue weighted by Gasteiger charge is -2.02. The molecule has 0 aliphatic rings. The van der Waals surface area contributed by atoms with Crippen molar-refractivity contribution in [1.29, 1.82) is 0 Å². The number of amides is 1. The molecule has 0 aliphatic carbocycles. The van der Waals surface area contributed by atoms with Crippen LogP contribution in [0.25, 0.3) is 10.2 Å². The molecule has 0 radical (unpaired) electrons. The van der Waals surface area contributed by atoms with Crippen molar-refractivity contribution in [1.82, 2.24) is 9.97 Å². The minimum atomic E-state index is -0.338. The predicted octanol–water partition coefficient (Wildman–Crippen LogP) is 3.01. The van der Waals surface area contributed by atoms with E-state index in [1.165, 1.54) is 11.3 Å². The molecule has 0 saturated heterocycles. The van der Waals surface area contributed by atoms with Gasteiger partial charge in [-0.3, -0.25) is 14.9 Å². The largest absolute Gasteiger partial charge is 0.466 e. The third-order valence-corrected chi connectivity index (χ3v) is 5.04. The number of nitrogens with one attached hydrogen (secondary N) is 1. The Morgan fingerprint density at radius 2 is 2.08 bits per heavy atom. The topological polar surface area (TPSA) is 90.4 Å². The van der Waals surface area contributed by atoms with Crippen molar-refractivity contribution in [3.63, 3.8) is 0 Å². The summed E-state index contributed by atoms with van der Waals surface area (Å²) in [4.78, 5) is 32.0. The molecule has 0 bridgehead atoms. The van der Waals surface area contributed by atoms with Crippen molar-refractivity contribution >= 4 is 49.9 Å². The predicted molar refractivity (Wildman–Crippen MR) is 100 cm³/mol. The average Bonchev–Trinajstić information content (AvgIpc) is 3.21. The Balaban J connectivity index is 1.44. The van der Waals surface area contributed by atoms with Gasteiger partial charge in [0.05, 0.1) is 35.5 Å². The lowest BCUT2D eigenvalue weighted by atomic mass is 10.3. The first-order valence-corrected chi connectivity index (χ1v) is 9.65. The summed E-state index contributed by atoms with van der Waals surface area (Å²) in [6, 6.07) is 7.84. The Morgan fingerprint density at radius 1 is 1.23 bits per heavy atom. The number of carbonyl (C=O) groups is 2. The molecule has 2 heterocycles. The van der Waals surface area contributed by atoms with Crippen molar-refractivity contribution in [2.75, 3.05) is 18.5 Å². The number of para-hydroxylation sites is 1. The smallest absolute Gasteiger partial charge is 0.311 e. The normalized spacial score (nSPS) is 10.8. The number of hydrogen-bond acceptors (Lipinski definition) is 8. The van der Waals surface area contributed by atoms with E-state index in [4.69, 9.17) is 9.47 Å². The Bertz CT molecular complexity index is 873. The lowest BCUT2D eigenvalue weighted by molar-refractivity contribution is -0.142. The first kappa shape index (κ1) is 18.4. The maximum atomic E-state index is 11.9. The van der Waals surface area contributed by atoms with Crippen LogP contribution in [0.5, 0.6) is 0 Å². The molecule has 2 aromatic heterocycles. The molecule has 136 valence electrons. The van der Waals surface area contributed by atoms with E-state index in [0.29, 0.717) is 17.4 Å². The average molecular weight is 391 g/mol. The second-order valence-electron chi connectivity index (χ2n) is 5.24. The van der Waals surface area contributed by atoms with Crippen LogP contribution in [0.4, 0.5) is 5.13 Å². The van der Waals surface area contributed by atoms with Crippen LogP contribution >= 0.6 is 22.7 Å². The second-order valence-corrected chi connectivity index (χ2v) is 7.22. The summed E-state index contributed by atoms with van der Waals surface area (Å²) in [5.74, 6) is -0.641. The van der Waals surface area contributed by atoms with Gasteiger partial charge in [0, 0.05) is 5.38 Å². The van der Waals surface area contributed by atoms with Gasteiger partial charge in [-0.15, -0.1) is 22.7 Å². The van der Waals surface area contributed by atoms with Crippen molar-refractivity contribution < 1.29 is 19.1 Å². The van der Waals surface area contributed by atoms with Gasteiger partial charge in [0.15, 0.2) is 5.13 Å². The quantitative estimate of drug-likeness (QED) is 0.594. The number of ether oxygens (including phenoxy) is 2. The van der Waals surface area contributed by atoms with E-state index in [1.54, 1.807) is 23.6 Å². The number of thiazole rings is 2. The number of aromatic nitrogens is 2. The number of carbonyl (C=O) groups excluding carboxylic acids is 2. The monoisotopic (exact) mass is 391 g/mol. The van der Waals surface area contributed by atoms with Gasteiger partial charge in [-0.2, -0.15) is 0 Å². The van der Waals surface area contributed by atoms with Crippen molar-refractivity contribution in [2.45, 2.75) is 20.0 Å². The number of nitrogens with zero attached hydrogens (tertiary/aromatic N) is 2. The van der Waals surface area contributed by atoms with Crippen LogP contribution in [0.15, 0.2) is 29.6 Å². The summed E-state index contributed by atoms with van der Waals surface area (Å²) in [7, 11) is 0. The molecule has 1 N–H and O–H groups in total. The second kappa shape index (κ2) is 8.84. The van der Waals surface area contributed by atoms with Crippen LogP contribution in [-0.4, -0.2) is 35.1 Å². The Morgan fingerprint density at radius 3 is 2.88 bits per heavy atom. The molecule has 1 aromatic carbocycles. The fraction of sp³-hybridized carbons (Fsp3) is 0.294. The lowest BCUT2D eigenvalue weighted by Crippen LogP contribution is -2.18. The molecular formula is C17H17N3O4S2. The van der Waals surface area contributed by atoms with E-state index < -0.39 is 0 Å². The number of fused-ring (bicyclic) bond motifs is 1. The first-order chi connectivity index (χ1) is 12.6. The molecule has 0 unspecified atom stereocenters. The van der Waals surface area contributed by atoms with Crippen molar-refractivity contribution in [3.05, 3.63) is 40.3 Å². The third-order valence-electron chi connectivity index (χ3n) is 3.23. The van der Waals surface area contributed by atoms with Crippen molar-refractivity contribution in [2.24, 2.45) is 0 Å². The minimum absolute atomic E-state index is 0.0916. The first-order valence-electron chi connectivity index (χ1n) is 7.96. The maximum Gasteiger partial charge on any atom is 0.311 e. The van der Waals surface area contributed by atoms with Crippen LogP contribution in [0.3, 0.4) is 0 Å². The Kier molecular flexibility index (Phi) is 6.26. The highest BCUT2D eigenvalue weighted by Crippen LogP contribution is 2.22. The number of hydrogen-bond donors (Lipinski definition) is 1. The Labute approximate surface area is 158 Å². The summed E-state index contributed by atoms with van der Waals surface area (Å²) in [5, 5.41) is 5.62. The SMILES string of the molecule is CCOC(=O)Cc1csc(NC(=O)COCc2nc3ccccc3s2)n1. The van der Waals surface area contributed by atoms with Gasteiger partial charge in [-0.05, 0) is 19.1 Å². The molecule has 0 atom stereocenters. The van der Waals surface area contributed by atoms with Crippen molar-refractivity contribution in [3.8, 4) is 0 Å². The zero-order valence-electron chi connectivity index (χ0n) is 14.1. The van der Waals surface area contributed by atoms with Gasteiger partial charge >= 0.3 is 5.97 Å². The van der Waals surface area contributed by atoms with Crippen LogP contribution < -0.4 is 5.32 Å². The van der Waals surface area contributed by atoms with E-state index in [9.17, 15) is 9.59 Å². The standard InChI is InChI=1S/C17H17N3O4S2/c1-2-24-16(22)7-11-10-25-17(18-11)20-14(21)8-23-9-15-19-12-5-3-4-6-13(12)26-15/h3-6,10H,2,7-9H2,1H3,(H,18,20,21). The zero-order chi connectivity index (χ0) is 18.4. The van der Waals surface area contributed by atoms with Gasteiger partial charge in [0.2, 0.25) is 0 Å². The summed E-state index contributed by atoms with van der Waals surface area (Å²) < 4.78 is 11.4. The van der Waals surface area contributed by atoms with Gasteiger partial charge < -0.3 is 9.47 Å². The van der Waals surface area contributed by atoms with Crippen LogP contribution in [0.1, 0.15) is 17.6 Å². The van der Waals surface area contributed by atoms with Crippen LogP contribution in [0.2, 0.25) is 0 Å². The molecule has 1 amide bonds. The molecule has 3 aromatic rings. The van der Waals surface area contributed by atoms with Crippen LogP contribution in [-0.2, 0) is 32.1 Å². The number of esters is 1. The van der Waals surface area contributed by atoms with E-state index in [1.807, 2.05) is 24.3 Å². The van der Waals surface area contributed by atoms with E-state index in [0.717, 1.165) is 15.2 Å². The zero-order valence-corrected chi connectivity index (χ0v) is 15.7. The third kappa shape index (κ3) is 5.07. The summed E-state index contributed by atoms with van der Waals surface area (Å²) in [6.45, 7) is 2.26. The molecule has 0 aliphatic heterocycles. The molecule has 0 saturated carbocycles. The van der Waals surface area contributed by atoms with Crippen LogP contribution in [0, 0.1) is 0 Å². The molecule has 26 heavy (non-hydrogen) atoms. The van der Waals surface area contributed by atoms with Gasteiger partial charge in [0.25, 0.3) is 5.91 Å². The number of benzene rings is 1. The molecular weight excluding hydrogens is 374 g/mol. The highest BCUT2D eigenvalue weighted by Gasteiger charge is 2.11. The van der Waals surface area contributed by atoms with E-state index in [2.05, 4.69) is 15.3 Å². The molecule has 0 fully saturated rings. The van der Waals surface area contributed by atoms with E-state index >= 15 is 0 Å². The fourth-order valence-corrected chi connectivity index (χ4v) is 3.80. The fourth-order valence-electron chi connectivity index (χ4n) is 2.17. The highest BCUT2D eigenvalue weighted by atomic mass is 32.1. The molecule has 3 rings (SSSR count). The van der Waals surface area contributed by atoms with Gasteiger partial charge in [-0.25, -0.2) is 9.97 Å². The summed E-state index contributed by atoms with van der Waals surface area (Å²) in [6.07, 6.45) is 0.0916. The summed E-state index contributed by atoms with van der Waals surface area (Å²) >= 11 is 2.80. The molecule has 9 heteroatoms. The number of anilines is 1. The Hall–Kier alpha value is -2.36.